The molecule has 182 valence electrons. The fourth-order valence-electron chi connectivity index (χ4n) is 2.59. The van der Waals surface area contributed by atoms with Crippen LogP contribution in [-0.2, 0) is 27.0 Å². The predicted molar refractivity (Wildman–Crippen MR) is 116 cm³/mol. The smallest absolute Gasteiger partial charge is 0.394 e. The van der Waals surface area contributed by atoms with E-state index in [4.69, 9.17) is 23.0 Å². The van der Waals surface area contributed by atoms with Crippen LogP contribution in [0, 0.1) is 0 Å². The zero-order valence-corrected chi connectivity index (χ0v) is 20.4. The minimum atomic E-state index is -4.67. The van der Waals surface area contributed by atoms with Crippen LogP contribution in [0.5, 0.6) is 0 Å². The van der Waals surface area contributed by atoms with Crippen molar-refractivity contribution in [2.24, 2.45) is 0 Å². The maximum Gasteiger partial charge on any atom is 0.483 e. The molecule has 3 atom stereocenters. The lowest BCUT2D eigenvalue weighted by molar-refractivity contribution is 0.0347. The fourth-order valence-corrected chi connectivity index (χ4v) is 5.30. The maximum absolute atomic E-state index is 12.7. The van der Waals surface area contributed by atoms with E-state index in [9.17, 15) is 19.1 Å². The Morgan fingerprint density at radius 1 is 0.733 bits per heavy atom. The summed E-state index contributed by atoms with van der Waals surface area (Å²) in [4.78, 5) is 9.88. The fraction of sp³-hybridized carbons (Fsp3) is 1.00. The van der Waals surface area contributed by atoms with Crippen LogP contribution in [0.2, 0.25) is 0 Å². The minimum absolute atomic E-state index is 0.00997. The van der Waals surface area contributed by atoms with E-state index >= 15 is 0 Å². The molecule has 0 aromatic carbocycles. The van der Waals surface area contributed by atoms with E-state index in [1.165, 1.54) is 0 Å². The van der Waals surface area contributed by atoms with Crippen molar-refractivity contribution < 1.29 is 42.1 Å². The third-order valence-electron chi connectivity index (χ3n) is 4.34. The topological polar surface area (TPSA) is 132 Å². The lowest BCUT2D eigenvalue weighted by atomic mass is 10.1. The highest BCUT2D eigenvalue weighted by molar-refractivity contribution is 7.61. The van der Waals surface area contributed by atoms with E-state index in [2.05, 4.69) is 13.8 Å². The van der Waals surface area contributed by atoms with Gasteiger partial charge in [-0.15, -0.1) is 0 Å². The normalized spacial score (nSPS) is 16.8. The van der Waals surface area contributed by atoms with E-state index < -0.39 is 35.0 Å². The van der Waals surface area contributed by atoms with Gasteiger partial charge in [0.2, 0.25) is 0 Å². The van der Waals surface area contributed by atoms with Crippen LogP contribution >= 0.6 is 15.6 Å². The molecule has 0 heterocycles. The number of aliphatic hydroxyl groups excluding tert-OH is 2. The standard InChI is InChI=1S/C19H42O9P2/c1-3-5-7-9-11-13-15-25-29(22,23)28-30(24,27-18-19(21)17-20)26-16-14-12-10-8-6-4-2/h19-21H,3-18H2,1-2H3,(H,22,23). The van der Waals surface area contributed by atoms with Crippen LogP contribution in [0.4, 0.5) is 0 Å². The van der Waals surface area contributed by atoms with Gasteiger partial charge in [0.25, 0.3) is 0 Å². The molecular formula is C19H42O9P2. The molecule has 3 N–H and O–H groups in total. The predicted octanol–water partition coefficient (Wildman–Crippen LogP) is 5.34. The van der Waals surface area contributed by atoms with Crippen molar-refractivity contribution in [3.8, 4) is 0 Å². The van der Waals surface area contributed by atoms with Crippen molar-refractivity contribution in [2.75, 3.05) is 26.4 Å². The molecule has 0 aliphatic heterocycles. The van der Waals surface area contributed by atoms with E-state index in [1.54, 1.807) is 0 Å². The molecule has 9 nitrogen and oxygen atoms in total. The Hall–Kier alpha value is 0.180. The first-order chi connectivity index (χ1) is 14.3. The second-order valence-electron chi connectivity index (χ2n) is 7.33. The molecule has 0 rings (SSSR count). The van der Waals surface area contributed by atoms with Crippen molar-refractivity contribution in [3.63, 3.8) is 0 Å². The largest absolute Gasteiger partial charge is 0.483 e. The number of hydrogen-bond donors (Lipinski definition) is 3. The summed E-state index contributed by atoms with van der Waals surface area (Å²) in [6.45, 7) is 3.05. The Labute approximate surface area is 181 Å². The van der Waals surface area contributed by atoms with Gasteiger partial charge in [-0.25, -0.2) is 9.13 Å². The highest BCUT2D eigenvalue weighted by Gasteiger charge is 2.38. The number of hydrogen-bond acceptors (Lipinski definition) is 8. The van der Waals surface area contributed by atoms with Crippen LogP contribution in [0.25, 0.3) is 0 Å². The van der Waals surface area contributed by atoms with E-state index in [0.717, 1.165) is 64.2 Å². The summed E-state index contributed by atoms with van der Waals surface area (Å²) >= 11 is 0. The molecule has 0 saturated carbocycles. The van der Waals surface area contributed by atoms with Gasteiger partial charge in [0.1, 0.15) is 6.10 Å². The number of aliphatic hydroxyl groups is 2. The highest BCUT2D eigenvalue weighted by atomic mass is 31.3. The van der Waals surface area contributed by atoms with Gasteiger partial charge in [-0.1, -0.05) is 78.1 Å². The molecule has 0 saturated heterocycles. The quantitative estimate of drug-likeness (QED) is 0.140. The van der Waals surface area contributed by atoms with Gasteiger partial charge in [-0.2, -0.15) is 4.31 Å². The summed E-state index contributed by atoms with van der Waals surface area (Å²) in [6.07, 6.45) is 10.3. The third-order valence-corrected chi connectivity index (χ3v) is 7.44. The van der Waals surface area contributed by atoms with Gasteiger partial charge in [-0.3, -0.25) is 13.6 Å². The van der Waals surface area contributed by atoms with Gasteiger partial charge in [0, 0.05) is 0 Å². The summed E-state index contributed by atoms with van der Waals surface area (Å²) in [7, 11) is -9.12. The number of rotatable bonds is 22. The molecule has 0 aliphatic carbocycles. The summed E-state index contributed by atoms with van der Waals surface area (Å²) in [5.41, 5.74) is 0. The summed E-state index contributed by atoms with van der Waals surface area (Å²) in [6, 6.07) is 0. The molecule has 0 fully saturated rings. The van der Waals surface area contributed by atoms with Gasteiger partial charge in [-0.05, 0) is 12.8 Å². The Bertz CT molecular complexity index is 491. The van der Waals surface area contributed by atoms with Crippen LogP contribution in [0.3, 0.4) is 0 Å². The number of phosphoric acid groups is 2. The van der Waals surface area contributed by atoms with Crippen molar-refractivity contribution in [1.82, 2.24) is 0 Å². The second kappa shape index (κ2) is 18.7. The average Bonchev–Trinajstić information content (AvgIpc) is 2.70. The average molecular weight is 476 g/mol. The van der Waals surface area contributed by atoms with Gasteiger partial charge in [0.05, 0.1) is 26.4 Å². The van der Waals surface area contributed by atoms with E-state index in [-0.39, 0.29) is 13.2 Å². The Morgan fingerprint density at radius 2 is 1.20 bits per heavy atom. The third kappa shape index (κ3) is 17.8. The first kappa shape index (κ1) is 30.2. The molecule has 0 spiro atoms. The monoisotopic (exact) mass is 476 g/mol. The van der Waals surface area contributed by atoms with E-state index in [1.807, 2.05) is 0 Å². The first-order valence-corrected chi connectivity index (χ1v) is 14.1. The molecule has 0 aromatic heterocycles. The van der Waals surface area contributed by atoms with Gasteiger partial charge < -0.3 is 15.1 Å². The molecule has 30 heavy (non-hydrogen) atoms. The molecule has 0 bridgehead atoms. The molecular weight excluding hydrogens is 434 g/mol. The van der Waals surface area contributed by atoms with Crippen molar-refractivity contribution in [3.05, 3.63) is 0 Å². The summed E-state index contributed by atoms with van der Waals surface area (Å²) in [5.74, 6) is 0. The highest BCUT2D eigenvalue weighted by Crippen LogP contribution is 2.63. The molecule has 3 unspecified atom stereocenters. The molecule has 0 amide bonds. The van der Waals surface area contributed by atoms with Gasteiger partial charge in [0.15, 0.2) is 0 Å². The van der Waals surface area contributed by atoms with E-state index in [0.29, 0.717) is 12.8 Å². The number of phosphoric ester groups is 2. The molecule has 0 aliphatic rings. The number of unbranched alkanes of at least 4 members (excludes halogenated alkanes) is 10. The van der Waals surface area contributed by atoms with Crippen LogP contribution in [0.1, 0.15) is 90.9 Å². The van der Waals surface area contributed by atoms with Gasteiger partial charge >= 0.3 is 15.6 Å². The lowest BCUT2D eigenvalue weighted by Gasteiger charge is -2.21. The Balaban J connectivity index is 4.47. The maximum atomic E-state index is 12.7. The summed E-state index contributed by atoms with van der Waals surface area (Å²) < 4.78 is 44.5. The van der Waals surface area contributed by atoms with Crippen molar-refractivity contribution >= 4 is 15.6 Å². The second-order valence-corrected chi connectivity index (χ2v) is 10.6. The summed E-state index contributed by atoms with van der Waals surface area (Å²) in [5, 5.41) is 18.3. The minimum Gasteiger partial charge on any atom is -0.394 e. The zero-order valence-electron chi connectivity index (χ0n) is 18.6. The first-order valence-electron chi connectivity index (χ1n) is 11.1. The SMILES string of the molecule is CCCCCCCCOP(=O)(O)OP(=O)(OCCCCCCCC)OCC(O)CO. The molecule has 0 aromatic rings. The van der Waals surface area contributed by atoms with Crippen molar-refractivity contribution in [2.45, 2.75) is 97.0 Å². The lowest BCUT2D eigenvalue weighted by Crippen LogP contribution is -2.19. The zero-order chi connectivity index (χ0) is 22.7. The van der Waals surface area contributed by atoms with Crippen LogP contribution < -0.4 is 0 Å². The Kier molecular flexibility index (Phi) is 18.8. The van der Waals surface area contributed by atoms with Crippen LogP contribution in [-0.4, -0.2) is 47.6 Å². The molecule has 11 heteroatoms. The van der Waals surface area contributed by atoms with Crippen LogP contribution in [0.15, 0.2) is 0 Å². The molecule has 0 radical (unpaired) electrons. The Morgan fingerprint density at radius 3 is 1.70 bits per heavy atom. The van der Waals surface area contributed by atoms with Crippen molar-refractivity contribution in [1.29, 1.82) is 0 Å².